The lowest BCUT2D eigenvalue weighted by Crippen LogP contribution is -2.43. The average Bonchev–Trinajstić information content (AvgIpc) is 2.89. The molecule has 19 heavy (non-hydrogen) atoms. The first-order valence-corrected chi connectivity index (χ1v) is 6.86. The summed E-state index contributed by atoms with van der Waals surface area (Å²) in [6.45, 7) is 6.22. The van der Waals surface area contributed by atoms with E-state index in [2.05, 4.69) is 18.8 Å². The number of hydrogen-bond acceptors (Lipinski definition) is 2. The van der Waals surface area contributed by atoms with Crippen molar-refractivity contribution in [1.29, 1.82) is 0 Å². The van der Waals surface area contributed by atoms with Crippen molar-refractivity contribution in [3.05, 3.63) is 42.0 Å². The SMILES string of the molecule is C=CCNC(=O)C1(c2cc(N)ccc2C)CCCC1. The predicted molar refractivity (Wildman–Crippen MR) is 78.9 cm³/mol. The maximum absolute atomic E-state index is 12.6. The van der Waals surface area contributed by atoms with E-state index in [0.29, 0.717) is 6.54 Å². The van der Waals surface area contributed by atoms with Gasteiger partial charge < -0.3 is 11.1 Å². The van der Waals surface area contributed by atoms with Crippen LogP contribution in [0.1, 0.15) is 36.8 Å². The van der Waals surface area contributed by atoms with Crippen LogP contribution in [0.2, 0.25) is 0 Å². The first-order valence-electron chi connectivity index (χ1n) is 6.86. The predicted octanol–water partition coefficient (Wildman–Crippen LogP) is 2.69. The minimum absolute atomic E-state index is 0.110. The molecule has 0 bridgehead atoms. The summed E-state index contributed by atoms with van der Waals surface area (Å²) < 4.78 is 0. The van der Waals surface area contributed by atoms with Crippen LogP contribution in [0.4, 0.5) is 5.69 Å². The molecule has 3 nitrogen and oxygen atoms in total. The van der Waals surface area contributed by atoms with E-state index >= 15 is 0 Å². The Hall–Kier alpha value is -1.77. The van der Waals surface area contributed by atoms with Crippen molar-refractivity contribution in [2.75, 3.05) is 12.3 Å². The Labute approximate surface area is 114 Å². The quantitative estimate of drug-likeness (QED) is 0.644. The summed E-state index contributed by atoms with van der Waals surface area (Å²) >= 11 is 0. The number of carbonyl (C=O) groups excluding carboxylic acids is 1. The van der Waals surface area contributed by atoms with Crippen LogP contribution in [0, 0.1) is 6.92 Å². The van der Waals surface area contributed by atoms with E-state index in [9.17, 15) is 4.79 Å². The van der Waals surface area contributed by atoms with Gasteiger partial charge in [-0.25, -0.2) is 0 Å². The molecule has 1 aromatic rings. The number of nitrogens with two attached hydrogens (primary N) is 1. The van der Waals surface area contributed by atoms with E-state index in [1.807, 2.05) is 18.2 Å². The van der Waals surface area contributed by atoms with Crippen LogP contribution in [0.5, 0.6) is 0 Å². The normalized spacial score (nSPS) is 17.1. The third-order valence-electron chi connectivity index (χ3n) is 4.08. The van der Waals surface area contributed by atoms with Crippen LogP contribution in [-0.4, -0.2) is 12.5 Å². The van der Waals surface area contributed by atoms with Crippen LogP contribution >= 0.6 is 0 Å². The maximum Gasteiger partial charge on any atom is 0.230 e. The van der Waals surface area contributed by atoms with Gasteiger partial charge in [-0.3, -0.25) is 4.79 Å². The van der Waals surface area contributed by atoms with Gasteiger partial charge in [-0.1, -0.05) is 25.0 Å². The van der Waals surface area contributed by atoms with E-state index in [4.69, 9.17) is 5.73 Å². The molecule has 3 N–H and O–H groups in total. The van der Waals surface area contributed by atoms with Crippen LogP contribution in [-0.2, 0) is 10.2 Å². The smallest absolute Gasteiger partial charge is 0.230 e. The first kappa shape index (κ1) is 13.7. The molecule has 0 atom stereocenters. The van der Waals surface area contributed by atoms with Gasteiger partial charge in [0.25, 0.3) is 0 Å². The van der Waals surface area contributed by atoms with Crippen molar-refractivity contribution in [3.63, 3.8) is 0 Å². The molecule has 0 spiro atoms. The van der Waals surface area contributed by atoms with Gasteiger partial charge in [0, 0.05) is 12.2 Å². The molecule has 1 aliphatic rings. The minimum Gasteiger partial charge on any atom is -0.399 e. The lowest BCUT2D eigenvalue weighted by atomic mass is 9.76. The number of nitrogen functional groups attached to an aromatic ring is 1. The van der Waals surface area contributed by atoms with Crippen LogP contribution in [0.3, 0.4) is 0 Å². The summed E-state index contributed by atoms with van der Waals surface area (Å²) in [4.78, 5) is 12.6. The highest BCUT2D eigenvalue weighted by Gasteiger charge is 2.43. The van der Waals surface area contributed by atoms with Gasteiger partial charge in [0.05, 0.1) is 5.41 Å². The summed E-state index contributed by atoms with van der Waals surface area (Å²) in [5, 5.41) is 2.96. The maximum atomic E-state index is 12.6. The fraction of sp³-hybridized carbons (Fsp3) is 0.438. The number of aryl methyl sites for hydroxylation is 1. The van der Waals surface area contributed by atoms with Crippen molar-refractivity contribution >= 4 is 11.6 Å². The first-order chi connectivity index (χ1) is 9.10. The van der Waals surface area contributed by atoms with Crippen molar-refractivity contribution in [3.8, 4) is 0 Å². The van der Waals surface area contributed by atoms with Crippen molar-refractivity contribution in [2.45, 2.75) is 38.0 Å². The number of benzene rings is 1. The van der Waals surface area contributed by atoms with Crippen molar-refractivity contribution in [1.82, 2.24) is 5.32 Å². The summed E-state index contributed by atoms with van der Waals surface area (Å²) in [5.74, 6) is 0.110. The van der Waals surface area contributed by atoms with Gasteiger partial charge >= 0.3 is 0 Å². The molecule has 1 aromatic carbocycles. The highest BCUT2D eigenvalue weighted by atomic mass is 16.2. The second kappa shape index (κ2) is 5.47. The molecule has 0 aliphatic heterocycles. The van der Waals surface area contributed by atoms with Gasteiger partial charge in [-0.2, -0.15) is 0 Å². The Morgan fingerprint density at radius 3 is 2.79 bits per heavy atom. The van der Waals surface area contributed by atoms with Gasteiger partial charge in [-0.15, -0.1) is 6.58 Å². The lowest BCUT2D eigenvalue weighted by Gasteiger charge is -2.30. The molecule has 1 amide bonds. The van der Waals surface area contributed by atoms with Crippen molar-refractivity contribution in [2.24, 2.45) is 0 Å². The van der Waals surface area contributed by atoms with Gasteiger partial charge in [0.15, 0.2) is 0 Å². The molecule has 0 aromatic heterocycles. The zero-order valence-corrected chi connectivity index (χ0v) is 11.5. The van der Waals surface area contributed by atoms with Crippen LogP contribution in [0.25, 0.3) is 0 Å². The van der Waals surface area contributed by atoms with Crippen molar-refractivity contribution < 1.29 is 4.79 Å². The molecule has 1 aliphatic carbocycles. The molecule has 1 fully saturated rings. The number of anilines is 1. The van der Waals surface area contributed by atoms with E-state index in [-0.39, 0.29) is 5.91 Å². The Morgan fingerprint density at radius 2 is 2.16 bits per heavy atom. The Balaban J connectivity index is 2.41. The van der Waals surface area contributed by atoms with E-state index in [0.717, 1.165) is 42.5 Å². The Kier molecular flexibility index (Phi) is 3.93. The molecular weight excluding hydrogens is 236 g/mol. The number of rotatable bonds is 4. The summed E-state index contributed by atoms with van der Waals surface area (Å²) in [5.41, 5.74) is 8.46. The average molecular weight is 258 g/mol. The van der Waals surface area contributed by atoms with Crippen LogP contribution in [0.15, 0.2) is 30.9 Å². The molecular formula is C16H22N2O. The molecule has 0 unspecified atom stereocenters. The fourth-order valence-corrected chi connectivity index (χ4v) is 3.09. The summed E-state index contributed by atoms with van der Waals surface area (Å²) in [6, 6.07) is 5.86. The number of hydrogen-bond donors (Lipinski definition) is 2. The second-order valence-electron chi connectivity index (χ2n) is 5.36. The third-order valence-corrected chi connectivity index (χ3v) is 4.08. The standard InChI is InChI=1S/C16H22N2O/c1-3-10-18-15(19)16(8-4-5-9-16)14-11-13(17)7-6-12(14)2/h3,6-7,11H,1,4-5,8-10,17H2,2H3,(H,18,19). The zero-order valence-electron chi connectivity index (χ0n) is 11.5. The van der Waals surface area contributed by atoms with E-state index < -0.39 is 5.41 Å². The number of carbonyl (C=O) groups is 1. The highest BCUT2D eigenvalue weighted by Crippen LogP contribution is 2.43. The molecule has 0 saturated heterocycles. The summed E-state index contributed by atoms with van der Waals surface area (Å²) in [6.07, 6.45) is 5.71. The molecule has 0 heterocycles. The second-order valence-corrected chi connectivity index (χ2v) is 5.36. The van der Waals surface area contributed by atoms with Crippen LogP contribution < -0.4 is 11.1 Å². The van der Waals surface area contributed by atoms with E-state index in [1.54, 1.807) is 6.08 Å². The molecule has 3 heteroatoms. The topological polar surface area (TPSA) is 55.1 Å². The minimum atomic E-state index is -0.400. The monoisotopic (exact) mass is 258 g/mol. The summed E-state index contributed by atoms with van der Waals surface area (Å²) in [7, 11) is 0. The van der Waals surface area contributed by atoms with Gasteiger partial charge in [0.1, 0.15) is 0 Å². The lowest BCUT2D eigenvalue weighted by molar-refractivity contribution is -0.126. The molecule has 2 rings (SSSR count). The molecule has 0 radical (unpaired) electrons. The number of amides is 1. The fourth-order valence-electron chi connectivity index (χ4n) is 3.09. The largest absolute Gasteiger partial charge is 0.399 e. The number of nitrogens with one attached hydrogen (secondary N) is 1. The third kappa shape index (κ3) is 2.50. The highest BCUT2D eigenvalue weighted by molar-refractivity contribution is 5.89. The Morgan fingerprint density at radius 1 is 1.47 bits per heavy atom. The van der Waals surface area contributed by atoms with Gasteiger partial charge in [0.2, 0.25) is 5.91 Å². The van der Waals surface area contributed by atoms with E-state index in [1.165, 1.54) is 0 Å². The molecule has 102 valence electrons. The van der Waals surface area contributed by atoms with Gasteiger partial charge in [-0.05, 0) is 43.0 Å². The Bertz CT molecular complexity index is 488. The molecule has 1 saturated carbocycles. The zero-order chi connectivity index (χ0) is 13.9.